The second-order valence-electron chi connectivity index (χ2n) is 7.53. The van der Waals surface area contributed by atoms with Crippen molar-refractivity contribution in [3.63, 3.8) is 0 Å². The van der Waals surface area contributed by atoms with Crippen LogP contribution in [0, 0.1) is 11.8 Å². The number of piperidine rings is 1. The molecule has 130 valence electrons. The van der Waals surface area contributed by atoms with Gasteiger partial charge in [0.25, 0.3) is 0 Å². The molecule has 2 amide bonds. The second-order valence-corrected chi connectivity index (χ2v) is 8.25. The highest BCUT2D eigenvalue weighted by molar-refractivity contribution is 7.07. The third-order valence-electron chi connectivity index (χ3n) is 5.90. The molecule has 1 aromatic heterocycles. The molecule has 0 spiro atoms. The molecule has 1 saturated carbocycles. The monoisotopic (exact) mass is 347 g/mol. The molecule has 24 heavy (non-hydrogen) atoms. The Morgan fingerprint density at radius 3 is 2.79 bits per heavy atom. The van der Waals surface area contributed by atoms with Gasteiger partial charge in [-0.3, -0.25) is 9.59 Å². The van der Waals surface area contributed by atoms with E-state index in [-0.39, 0.29) is 23.8 Å². The van der Waals surface area contributed by atoms with Crippen LogP contribution in [0.4, 0.5) is 0 Å². The van der Waals surface area contributed by atoms with Crippen LogP contribution in [0.25, 0.3) is 0 Å². The summed E-state index contributed by atoms with van der Waals surface area (Å²) >= 11 is 1.56. The van der Waals surface area contributed by atoms with Crippen LogP contribution >= 0.6 is 11.3 Å². The number of aromatic nitrogens is 1. The zero-order chi connectivity index (χ0) is 16.5. The van der Waals surface area contributed by atoms with Gasteiger partial charge in [0.2, 0.25) is 11.8 Å². The maximum atomic E-state index is 12.8. The number of carbonyl (C=O) groups excluding carboxylic acids is 2. The van der Waals surface area contributed by atoms with Gasteiger partial charge in [0, 0.05) is 30.9 Å². The van der Waals surface area contributed by atoms with Gasteiger partial charge in [-0.15, -0.1) is 11.3 Å². The summed E-state index contributed by atoms with van der Waals surface area (Å²) in [7, 11) is 0. The zero-order valence-corrected chi connectivity index (χ0v) is 14.8. The highest BCUT2D eigenvalue weighted by atomic mass is 32.1. The summed E-state index contributed by atoms with van der Waals surface area (Å²) in [5.41, 5.74) is 2.78. The first kappa shape index (κ1) is 16.1. The Bertz CT molecular complexity index is 597. The molecule has 0 unspecified atom stereocenters. The standard InChI is InChI=1S/C18H25N3O2S/c22-17(7-13-3-1-2-4-13)20-8-14-5-6-16(10-20)21(18(14)23)9-15-11-24-12-19-15/h11-14,16H,1-10H2/t14-,16+/m0/s1. The summed E-state index contributed by atoms with van der Waals surface area (Å²) in [6, 6.07) is 0.158. The minimum atomic E-state index is -0.0186. The molecule has 1 aliphatic carbocycles. The van der Waals surface area contributed by atoms with Crippen LogP contribution in [0.5, 0.6) is 0 Å². The predicted octanol–water partition coefficient (Wildman–Crippen LogP) is 2.67. The molecule has 0 N–H and O–H groups in total. The minimum Gasteiger partial charge on any atom is -0.340 e. The first-order valence-electron chi connectivity index (χ1n) is 9.16. The minimum absolute atomic E-state index is 0.0186. The van der Waals surface area contributed by atoms with Crippen molar-refractivity contribution in [2.45, 2.75) is 57.5 Å². The summed E-state index contributed by atoms with van der Waals surface area (Å²) in [4.78, 5) is 33.8. The third kappa shape index (κ3) is 3.21. The van der Waals surface area contributed by atoms with Gasteiger partial charge in [-0.1, -0.05) is 12.8 Å². The number of hydrogen-bond donors (Lipinski definition) is 0. The molecule has 1 aromatic rings. The third-order valence-corrected chi connectivity index (χ3v) is 6.54. The Morgan fingerprint density at radius 2 is 2.04 bits per heavy atom. The molecule has 4 fully saturated rings. The Balaban J connectivity index is 1.45. The Labute approximate surface area is 147 Å². The summed E-state index contributed by atoms with van der Waals surface area (Å²) in [6.07, 6.45) is 7.53. The topological polar surface area (TPSA) is 53.5 Å². The van der Waals surface area contributed by atoms with E-state index < -0.39 is 0 Å². The lowest BCUT2D eigenvalue weighted by Gasteiger charge is -2.35. The average molecular weight is 347 g/mol. The van der Waals surface area contributed by atoms with Gasteiger partial charge in [0.05, 0.1) is 23.7 Å². The van der Waals surface area contributed by atoms with Gasteiger partial charge in [-0.25, -0.2) is 4.98 Å². The van der Waals surface area contributed by atoms with E-state index in [4.69, 9.17) is 0 Å². The number of fused-ring (bicyclic) bond motifs is 4. The summed E-state index contributed by atoms with van der Waals surface area (Å²) in [6.45, 7) is 1.92. The normalized spacial score (nSPS) is 27.8. The van der Waals surface area contributed by atoms with Crippen molar-refractivity contribution >= 4 is 23.2 Å². The number of carbonyl (C=O) groups is 2. The Hall–Kier alpha value is -1.43. The lowest BCUT2D eigenvalue weighted by Crippen LogP contribution is -2.47. The lowest BCUT2D eigenvalue weighted by atomic mass is 9.94. The molecule has 0 radical (unpaired) electrons. The van der Waals surface area contributed by atoms with Crippen LogP contribution in [-0.4, -0.2) is 45.7 Å². The predicted molar refractivity (Wildman–Crippen MR) is 92.3 cm³/mol. The number of nitrogens with zero attached hydrogens (tertiary/aromatic N) is 3. The largest absolute Gasteiger partial charge is 0.340 e. The SMILES string of the molecule is O=C(CC1CCCC1)N1C[C@@H]2CC[C@H](C1)N(Cc1cscn1)C2=O. The average Bonchev–Trinajstić information content (AvgIpc) is 3.20. The van der Waals surface area contributed by atoms with Crippen molar-refractivity contribution in [3.8, 4) is 0 Å². The fraction of sp³-hybridized carbons (Fsp3) is 0.722. The van der Waals surface area contributed by atoms with Crippen LogP contribution in [0.1, 0.15) is 50.6 Å². The fourth-order valence-electron chi connectivity index (χ4n) is 4.53. The summed E-state index contributed by atoms with van der Waals surface area (Å²) in [5.74, 6) is 1.03. The van der Waals surface area contributed by atoms with Gasteiger partial charge in [-0.2, -0.15) is 0 Å². The van der Waals surface area contributed by atoms with E-state index >= 15 is 0 Å². The highest BCUT2D eigenvalue weighted by Gasteiger charge is 2.42. The first-order valence-corrected chi connectivity index (χ1v) is 10.1. The first-order chi connectivity index (χ1) is 11.7. The molecule has 0 aromatic carbocycles. The summed E-state index contributed by atoms with van der Waals surface area (Å²) < 4.78 is 0. The fourth-order valence-corrected chi connectivity index (χ4v) is 5.08. The van der Waals surface area contributed by atoms with Gasteiger partial charge < -0.3 is 9.80 Å². The second kappa shape index (κ2) is 6.82. The molecular weight excluding hydrogens is 322 g/mol. The Morgan fingerprint density at radius 1 is 1.21 bits per heavy atom. The van der Waals surface area contributed by atoms with E-state index in [0.717, 1.165) is 18.5 Å². The molecule has 2 bridgehead atoms. The van der Waals surface area contributed by atoms with Gasteiger partial charge in [0.15, 0.2) is 0 Å². The molecule has 4 heterocycles. The molecular formula is C18H25N3O2S. The zero-order valence-electron chi connectivity index (χ0n) is 14.0. The molecule has 5 nitrogen and oxygen atoms in total. The van der Waals surface area contributed by atoms with Crippen molar-refractivity contribution in [2.75, 3.05) is 13.1 Å². The van der Waals surface area contributed by atoms with E-state index in [0.29, 0.717) is 32.0 Å². The van der Waals surface area contributed by atoms with Crippen LogP contribution in [0.2, 0.25) is 0 Å². The van der Waals surface area contributed by atoms with Crippen LogP contribution in [-0.2, 0) is 16.1 Å². The van der Waals surface area contributed by atoms with E-state index in [2.05, 4.69) is 4.98 Å². The van der Waals surface area contributed by atoms with Crippen molar-refractivity contribution in [3.05, 3.63) is 16.6 Å². The van der Waals surface area contributed by atoms with Crippen LogP contribution in [0.3, 0.4) is 0 Å². The van der Waals surface area contributed by atoms with Crippen molar-refractivity contribution in [1.29, 1.82) is 0 Å². The van der Waals surface area contributed by atoms with E-state index in [9.17, 15) is 9.59 Å². The quantitative estimate of drug-likeness (QED) is 0.841. The molecule has 4 aliphatic rings. The number of rotatable bonds is 4. The van der Waals surface area contributed by atoms with Crippen molar-refractivity contribution in [2.24, 2.45) is 11.8 Å². The molecule has 6 heteroatoms. The number of hydrogen-bond acceptors (Lipinski definition) is 4. The van der Waals surface area contributed by atoms with Crippen LogP contribution in [0.15, 0.2) is 10.9 Å². The van der Waals surface area contributed by atoms with Gasteiger partial charge in [0.1, 0.15) is 0 Å². The number of amides is 2. The Kier molecular flexibility index (Phi) is 4.57. The van der Waals surface area contributed by atoms with Gasteiger partial charge >= 0.3 is 0 Å². The van der Waals surface area contributed by atoms with Crippen molar-refractivity contribution < 1.29 is 9.59 Å². The molecule has 2 atom stereocenters. The van der Waals surface area contributed by atoms with E-state index in [1.54, 1.807) is 11.3 Å². The number of thiazole rings is 1. The maximum absolute atomic E-state index is 12.8. The van der Waals surface area contributed by atoms with Crippen molar-refractivity contribution in [1.82, 2.24) is 14.8 Å². The highest BCUT2D eigenvalue weighted by Crippen LogP contribution is 2.32. The molecule has 5 rings (SSSR count). The maximum Gasteiger partial charge on any atom is 0.228 e. The van der Waals surface area contributed by atoms with Crippen LogP contribution < -0.4 is 0 Å². The smallest absolute Gasteiger partial charge is 0.228 e. The van der Waals surface area contributed by atoms with E-state index in [1.807, 2.05) is 20.7 Å². The molecule has 3 saturated heterocycles. The van der Waals surface area contributed by atoms with E-state index in [1.165, 1.54) is 25.7 Å². The summed E-state index contributed by atoms with van der Waals surface area (Å²) in [5, 5.41) is 2.01. The van der Waals surface area contributed by atoms with Gasteiger partial charge in [-0.05, 0) is 31.6 Å². The lowest BCUT2D eigenvalue weighted by molar-refractivity contribution is -0.140. The molecule has 3 aliphatic heterocycles.